The Morgan fingerprint density at radius 1 is 1.56 bits per heavy atom. The molecule has 55 valence electrons. The van der Waals surface area contributed by atoms with E-state index in [0.29, 0.717) is 0 Å². The van der Waals surface area contributed by atoms with Crippen molar-refractivity contribution in [3.8, 4) is 0 Å². The van der Waals surface area contributed by atoms with Crippen LogP contribution in [0.25, 0.3) is 0 Å². The number of rotatable bonds is 1. The van der Waals surface area contributed by atoms with Crippen LogP contribution in [0.5, 0.6) is 0 Å². The molecule has 0 unspecified atom stereocenters. The van der Waals surface area contributed by atoms with Gasteiger partial charge >= 0.3 is 81.6 Å². The summed E-state index contributed by atoms with van der Waals surface area (Å²) in [6, 6.07) is 0. The van der Waals surface area contributed by atoms with Gasteiger partial charge in [0.1, 0.15) is 0 Å². The van der Waals surface area contributed by atoms with Crippen LogP contribution in [0.15, 0.2) is 22.4 Å². The van der Waals surface area contributed by atoms with Gasteiger partial charge in [-0.25, -0.2) is 0 Å². The predicted octanol–water partition coefficient (Wildman–Crippen LogP) is 3.73. The van der Waals surface area contributed by atoms with Crippen molar-refractivity contribution in [2.24, 2.45) is 0 Å². The van der Waals surface area contributed by atoms with Gasteiger partial charge in [0.05, 0.1) is 0 Å². The third kappa shape index (κ3) is 2.58. The number of halogens is 2. The van der Waals surface area contributed by atoms with Gasteiger partial charge in [0.25, 0.3) is 0 Å². The summed E-state index contributed by atoms with van der Waals surface area (Å²) in [7, 11) is -1.18. The van der Waals surface area contributed by atoms with E-state index in [1.165, 1.54) is 6.42 Å². The van der Waals surface area contributed by atoms with E-state index in [-0.39, 0.29) is 0 Å². The predicted molar refractivity (Wildman–Crippen MR) is 55.7 cm³/mol. The first-order valence-electron chi connectivity index (χ1n) is 2.47. The normalized spacial score (nSPS) is 20.1. The Bertz CT molecular complexity index is 164. The Kier molecular flexibility index (Phi) is 3.18. The molecule has 0 bridgehead atoms. The molecule has 1 aliphatic carbocycles. The monoisotopic (exact) mass is 437 g/mol. The minimum atomic E-state index is -1.18. The second kappa shape index (κ2) is 3.31. The van der Waals surface area contributed by atoms with Gasteiger partial charge in [-0.1, -0.05) is 0 Å². The van der Waals surface area contributed by atoms with Crippen LogP contribution in [0.4, 0.5) is 0 Å². The number of hydrogen-bond acceptors (Lipinski definition) is 0. The quantitative estimate of drug-likeness (QED) is 0.434. The fourth-order valence-corrected chi connectivity index (χ4v) is 5.20. The van der Waals surface area contributed by atoms with Gasteiger partial charge in [-0.15, -0.1) is 0 Å². The van der Waals surface area contributed by atoms with Gasteiger partial charge < -0.3 is 0 Å². The fourth-order valence-electron chi connectivity index (χ4n) is 0.629. The van der Waals surface area contributed by atoms with Crippen LogP contribution in [0.1, 0.15) is 6.42 Å². The fraction of sp³-hybridized carbons (Fsp3) is 0.333. The Hall–Kier alpha value is 1.56. The Labute approximate surface area is 80.4 Å². The molecule has 9 heavy (non-hydrogen) atoms. The van der Waals surface area contributed by atoms with Gasteiger partial charge in [-0.05, 0) is 0 Å². The number of hydrogen-bond donors (Lipinski definition) is 0. The standard InChI is InChI=1S/C5H5.CH3.2HI.Rh/c1-2-4-5-3-1;;;;/h1-3H,4H2;1H3;2*1H;/q;;;;+2/p-2. The molecule has 0 atom stereocenters. The molecule has 0 amide bonds. The van der Waals surface area contributed by atoms with Gasteiger partial charge in [0.2, 0.25) is 0 Å². The second-order valence-corrected chi connectivity index (χ2v) is 30.9. The minimum absolute atomic E-state index is 1.18. The molecule has 0 aromatic heterocycles. The van der Waals surface area contributed by atoms with Crippen molar-refractivity contribution < 1.29 is 7.75 Å². The SMILES string of the molecule is [CH3][Rh]([I])([I])[C]1=CC=CC1. The molecule has 0 aromatic rings. The average molecular weight is 437 g/mol. The molecular weight excluding hydrogens is 429 g/mol. The van der Waals surface area contributed by atoms with E-state index in [4.69, 9.17) is 0 Å². The molecular formula is C6H8I2Rh. The van der Waals surface area contributed by atoms with Crippen molar-refractivity contribution in [2.45, 2.75) is 11.9 Å². The van der Waals surface area contributed by atoms with E-state index in [9.17, 15) is 0 Å². The topological polar surface area (TPSA) is 0 Å². The van der Waals surface area contributed by atoms with E-state index in [1.807, 2.05) is 0 Å². The summed E-state index contributed by atoms with van der Waals surface area (Å²) >= 11 is 5.23. The van der Waals surface area contributed by atoms with Gasteiger partial charge in [-0.2, -0.15) is 0 Å². The Balaban J connectivity index is 2.66. The Morgan fingerprint density at radius 3 is 2.44 bits per heavy atom. The molecule has 0 N–H and O–H groups in total. The van der Waals surface area contributed by atoms with Crippen molar-refractivity contribution in [2.75, 3.05) is 0 Å². The van der Waals surface area contributed by atoms with Crippen molar-refractivity contribution in [3.63, 3.8) is 0 Å². The van der Waals surface area contributed by atoms with Crippen LogP contribution in [-0.2, 0) is 7.75 Å². The summed E-state index contributed by atoms with van der Waals surface area (Å²) in [5.74, 6) is 0. The molecule has 0 radical (unpaired) electrons. The third-order valence-electron chi connectivity index (χ3n) is 1.09. The Morgan fingerprint density at radius 2 is 2.22 bits per heavy atom. The van der Waals surface area contributed by atoms with E-state index in [2.05, 4.69) is 63.2 Å². The third-order valence-corrected chi connectivity index (χ3v) is 9.01. The van der Waals surface area contributed by atoms with E-state index in [1.54, 1.807) is 4.17 Å². The second-order valence-electron chi connectivity index (χ2n) is 1.81. The average Bonchev–Trinajstić information content (AvgIpc) is 2.08. The molecule has 0 nitrogen and oxygen atoms in total. The molecule has 0 saturated carbocycles. The number of allylic oxidation sites excluding steroid dienone is 4. The van der Waals surface area contributed by atoms with Crippen LogP contribution >= 0.6 is 39.5 Å². The molecule has 1 aliphatic rings. The molecule has 0 aliphatic heterocycles. The first-order valence-corrected chi connectivity index (χ1v) is 14.7. The van der Waals surface area contributed by atoms with Crippen molar-refractivity contribution in [1.29, 1.82) is 0 Å². The molecule has 1 rings (SSSR count). The van der Waals surface area contributed by atoms with E-state index in [0.717, 1.165) is 0 Å². The van der Waals surface area contributed by atoms with Crippen LogP contribution < -0.4 is 0 Å². The zero-order valence-corrected chi connectivity index (χ0v) is 11.0. The zero-order valence-electron chi connectivity index (χ0n) is 5.03. The van der Waals surface area contributed by atoms with Crippen LogP contribution in [-0.4, -0.2) is 0 Å². The summed E-state index contributed by atoms with van der Waals surface area (Å²) in [5.41, 5.74) is 2.39. The van der Waals surface area contributed by atoms with Crippen molar-refractivity contribution in [3.05, 3.63) is 22.4 Å². The molecule has 0 saturated heterocycles. The van der Waals surface area contributed by atoms with Crippen LogP contribution in [0, 0.1) is 0 Å². The molecule has 0 heterocycles. The summed E-state index contributed by atoms with van der Waals surface area (Å²) in [4.78, 5) is 0. The molecule has 3 heteroatoms. The maximum atomic E-state index is 2.62. The van der Waals surface area contributed by atoms with Gasteiger partial charge in [-0.3, -0.25) is 0 Å². The summed E-state index contributed by atoms with van der Waals surface area (Å²) in [5, 5.41) is 0. The molecule has 0 fully saturated rings. The molecule has 0 spiro atoms. The van der Waals surface area contributed by atoms with Crippen LogP contribution in [0.3, 0.4) is 0 Å². The van der Waals surface area contributed by atoms with E-state index >= 15 is 0 Å². The molecule has 0 aromatic carbocycles. The maximum absolute atomic E-state index is 2.62. The first-order chi connectivity index (χ1) is 4.11. The first kappa shape index (κ1) is 8.66. The summed E-state index contributed by atoms with van der Waals surface area (Å²) < 4.78 is 1.68. The van der Waals surface area contributed by atoms with E-state index < -0.39 is 7.75 Å². The summed E-state index contributed by atoms with van der Waals surface area (Å²) in [6.07, 6.45) is 7.90. The van der Waals surface area contributed by atoms with Crippen molar-refractivity contribution in [1.82, 2.24) is 0 Å². The van der Waals surface area contributed by atoms with Gasteiger partial charge in [0, 0.05) is 0 Å². The summed E-state index contributed by atoms with van der Waals surface area (Å²) in [6.45, 7) is 0. The zero-order chi connectivity index (χ0) is 6.91. The van der Waals surface area contributed by atoms with Crippen molar-refractivity contribution >= 4 is 39.5 Å². The van der Waals surface area contributed by atoms with Gasteiger partial charge in [0.15, 0.2) is 0 Å². The van der Waals surface area contributed by atoms with Crippen LogP contribution in [0.2, 0.25) is 5.52 Å².